The zero-order valence-corrected chi connectivity index (χ0v) is 23.1. The molecule has 0 aliphatic carbocycles. The van der Waals surface area contributed by atoms with Gasteiger partial charge in [-0.15, -0.1) is 0 Å². The summed E-state index contributed by atoms with van der Waals surface area (Å²) in [7, 11) is 0. The van der Waals surface area contributed by atoms with E-state index in [1.807, 2.05) is 72.8 Å². The third-order valence-corrected chi connectivity index (χ3v) is 6.91. The van der Waals surface area contributed by atoms with Crippen LogP contribution in [0, 0.1) is 5.82 Å². The van der Waals surface area contributed by atoms with Crippen LogP contribution < -0.4 is 5.32 Å². The van der Waals surface area contributed by atoms with Gasteiger partial charge in [0.15, 0.2) is 0 Å². The molecule has 0 saturated carbocycles. The fourth-order valence-electron chi connectivity index (χ4n) is 4.76. The predicted molar refractivity (Wildman–Crippen MR) is 163 cm³/mol. The van der Waals surface area contributed by atoms with Crippen molar-refractivity contribution in [1.29, 1.82) is 0 Å². The van der Waals surface area contributed by atoms with Gasteiger partial charge in [-0.1, -0.05) is 72.8 Å². The van der Waals surface area contributed by atoms with E-state index in [2.05, 4.69) is 10.4 Å². The molecule has 2 amide bonds. The van der Waals surface area contributed by atoms with Crippen LogP contribution in [0.3, 0.4) is 0 Å². The van der Waals surface area contributed by atoms with Crippen molar-refractivity contribution in [2.45, 2.75) is 6.54 Å². The lowest BCUT2D eigenvalue weighted by atomic mass is 10.0. The van der Waals surface area contributed by atoms with Crippen molar-refractivity contribution in [3.8, 4) is 28.1 Å². The summed E-state index contributed by atoms with van der Waals surface area (Å²) in [5, 5.41) is 7.58. The average Bonchev–Trinajstić information content (AvgIpc) is 3.72. The van der Waals surface area contributed by atoms with E-state index in [-0.39, 0.29) is 24.8 Å². The third-order valence-electron chi connectivity index (χ3n) is 6.91. The van der Waals surface area contributed by atoms with Crippen molar-refractivity contribution in [1.82, 2.24) is 14.7 Å². The summed E-state index contributed by atoms with van der Waals surface area (Å²) in [5.74, 6) is -0.196. The van der Waals surface area contributed by atoms with Crippen LogP contribution in [0.1, 0.15) is 16.1 Å². The number of hydrogen-bond donors (Lipinski definition) is 1. The Morgan fingerprint density at radius 3 is 2.07 bits per heavy atom. The normalized spacial score (nSPS) is 10.8. The second kappa shape index (κ2) is 12.4. The fourth-order valence-corrected chi connectivity index (χ4v) is 4.76. The highest BCUT2D eigenvalue weighted by atomic mass is 19.1. The summed E-state index contributed by atoms with van der Waals surface area (Å²) in [6.07, 6.45) is 1.53. The zero-order chi connectivity index (χ0) is 29.6. The Morgan fingerprint density at radius 1 is 0.767 bits per heavy atom. The highest BCUT2D eigenvalue weighted by Crippen LogP contribution is 2.25. The molecule has 0 atom stereocenters. The van der Waals surface area contributed by atoms with Crippen LogP contribution in [-0.2, 0) is 11.3 Å². The number of benzene rings is 4. The Hall–Kier alpha value is -5.76. The van der Waals surface area contributed by atoms with Gasteiger partial charge in [-0.3, -0.25) is 9.59 Å². The molecule has 7 nitrogen and oxygen atoms in total. The Labute approximate surface area is 247 Å². The number of amides is 2. The number of furan rings is 1. The van der Waals surface area contributed by atoms with Crippen LogP contribution in [-0.4, -0.2) is 33.0 Å². The maximum Gasteiger partial charge on any atom is 0.254 e. The second-order valence-electron chi connectivity index (χ2n) is 9.90. The second-order valence-corrected chi connectivity index (χ2v) is 9.90. The van der Waals surface area contributed by atoms with Gasteiger partial charge < -0.3 is 14.6 Å². The van der Waals surface area contributed by atoms with E-state index >= 15 is 0 Å². The molecule has 0 fully saturated rings. The molecule has 0 aliphatic heterocycles. The van der Waals surface area contributed by atoms with Gasteiger partial charge in [0, 0.05) is 17.2 Å². The molecule has 0 bridgehead atoms. The minimum absolute atomic E-state index is 0.103. The Morgan fingerprint density at radius 2 is 1.42 bits per heavy atom. The van der Waals surface area contributed by atoms with E-state index in [1.165, 1.54) is 23.3 Å². The summed E-state index contributed by atoms with van der Waals surface area (Å²) in [6.45, 7) is -0.137. The van der Waals surface area contributed by atoms with E-state index in [9.17, 15) is 14.0 Å². The Balaban J connectivity index is 1.26. The minimum Gasteiger partial charge on any atom is -0.467 e. The monoisotopic (exact) mass is 570 g/mol. The molecule has 0 unspecified atom stereocenters. The number of carbonyl (C=O) groups excluding carboxylic acids is 2. The average molecular weight is 571 g/mol. The Bertz CT molecular complexity index is 1820. The van der Waals surface area contributed by atoms with Gasteiger partial charge >= 0.3 is 0 Å². The molecule has 0 saturated heterocycles. The minimum atomic E-state index is -0.427. The summed E-state index contributed by atoms with van der Waals surface area (Å²) < 4.78 is 20.7. The molecule has 2 aromatic heterocycles. The van der Waals surface area contributed by atoms with Gasteiger partial charge in [0.25, 0.3) is 5.91 Å². The molecule has 43 heavy (non-hydrogen) atoms. The first kappa shape index (κ1) is 27.4. The van der Waals surface area contributed by atoms with Crippen LogP contribution in [0.2, 0.25) is 0 Å². The molecule has 0 radical (unpaired) electrons. The van der Waals surface area contributed by atoms with Gasteiger partial charge in [0.1, 0.15) is 23.9 Å². The van der Waals surface area contributed by atoms with E-state index in [4.69, 9.17) is 4.42 Å². The SMILES string of the molecule is O=C(CN(Cc1ccco1)C(=O)c1ccc(-c2ccccc2)cc1)Nc1cc(-c2ccccc2)nn1-c1ccc(F)cc1. The maximum atomic E-state index is 13.7. The first-order valence-electron chi connectivity index (χ1n) is 13.7. The molecule has 0 spiro atoms. The quantitative estimate of drug-likeness (QED) is 0.199. The summed E-state index contributed by atoms with van der Waals surface area (Å²) in [4.78, 5) is 28.6. The predicted octanol–water partition coefficient (Wildman–Crippen LogP) is 7.22. The number of rotatable bonds is 9. The first-order valence-corrected chi connectivity index (χ1v) is 13.7. The summed E-state index contributed by atoms with van der Waals surface area (Å²) in [6, 6.07) is 37.8. The van der Waals surface area contributed by atoms with E-state index in [0.29, 0.717) is 28.5 Å². The molecular formula is C35H27FN4O3. The largest absolute Gasteiger partial charge is 0.467 e. The molecule has 212 valence electrons. The van der Waals surface area contributed by atoms with Crippen molar-refractivity contribution >= 4 is 17.6 Å². The molecule has 1 N–H and O–H groups in total. The number of anilines is 1. The topological polar surface area (TPSA) is 80.4 Å². The van der Waals surface area contributed by atoms with Crippen molar-refractivity contribution in [3.05, 3.63) is 151 Å². The lowest BCUT2D eigenvalue weighted by Crippen LogP contribution is -2.37. The molecular weight excluding hydrogens is 543 g/mol. The lowest BCUT2D eigenvalue weighted by Gasteiger charge is -2.21. The molecule has 2 heterocycles. The van der Waals surface area contributed by atoms with Gasteiger partial charge in [-0.2, -0.15) is 5.10 Å². The molecule has 0 aliphatic rings. The Kier molecular flexibility index (Phi) is 7.91. The maximum absolute atomic E-state index is 13.7. The number of hydrogen-bond acceptors (Lipinski definition) is 4. The number of aromatic nitrogens is 2. The van der Waals surface area contributed by atoms with Crippen LogP contribution in [0.4, 0.5) is 10.2 Å². The van der Waals surface area contributed by atoms with Crippen LogP contribution >= 0.6 is 0 Å². The lowest BCUT2D eigenvalue weighted by molar-refractivity contribution is -0.117. The number of nitrogens with zero attached hydrogens (tertiary/aromatic N) is 3. The highest BCUT2D eigenvalue weighted by molar-refractivity contribution is 5.99. The van der Waals surface area contributed by atoms with Crippen LogP contribution in [0.15, 0.2) is 138 Å². The summed E-state index contributed by atoms with van der Waals surface area (Å²) in [5.41, 5.74) is 4.52. The van der Waals surface area contributed by atoms with Gasteiger partial charge in [0.2, 0.25) is 5.91 Å². The molecule has 6 rings (SSSR count). The van der Waals surface area contributed by atoms with Crippen molar-refractivity contribution in [2.24, 2.45) is 0 Å². The van der Waals surface area contributed by atoms with Crippen molar-refractivity contribution < 1.29 is 18.4 Å². The zero-order valence-electron chi connectivity index (χ0n) is 23.1. The van der Waals surface area contributed by atoms with Crippen LogP contribution in [0.5, 0.6) is 0 Å². The standard InChI is InChI=1S/C35H27FN4O3/c36-29-17-19-30(20-18-29)40-33(22-32(38-40)27-10-5-2-6-11-27)37-34(41)24-39(23-31-12-7-21-43-31)35(42)28-15-13-26(14-16-28)25-8-3-1-4-9-25/h1-22H,23-24H2,(H,37,41). The van der Waals surface area contributed by atoms with E-state index in [0.717, 1.165) is 16.7 Å². The van der Waals surface area contributed by atoms with Gasteiger partial charge in [-0.05, 0) is 59.7 Å². The van der Waals surface area contributed by atoms with Crippen molar-refractivity contribution in [2.75, 3.05) is 11.9 Å². The van der Waals surface area contributed by atoms with Gasteiger partial charge in [-0.25, -0.2) is 9.07 Å². The van der Waals surface area contributed by atoms with Gasteiger partial charge in [0.05, 0.1) is 24.2 Å². The number of carbonyl (C=O) groups is 2. The summed E-state index contributed by atoms with van der Waals surface area (Å²) >= 11 is 0. The molecule has 4 aromatic carbocycles. The number of nitrogens with one attached hydrogen (secondary N) is 1. The highest BCUT2D eigenvalue weighted by Gasteiger charge is 2.22. The smallest absolute Gasteiger partial charge is 0.254 e. The first-order chi connectivity index (χ1) is 21.0. The molecule has 8 heteroatoms. The van der Waals surface area contributed by atoms with E-state index in [1.54, 1.807) is 47.1 Å². The van der Waals surface area contributed by atoms with Crippen molar-refractivity contribution in [3.63, 3.8) is 0 Å². The van der Waals surface area contributed by atoms with E-state index < -0.39 is 5.91 Å². The third kappa shape index (κ3) is 6.44. The van der Waals surface area contributed by atoms with Crippen LogP contribution in [0.25, 0.3) is 28.1 Å². The fraction of sp³-hybridized carbons (Fsp3) is 0.0571. The number of halogens is 1. The molecule has 6 aromatic rings.